The van der Waals surface area contributed by atoms with E-state index >= 15 is 0 Å². The zero-order valence-electron chi connectivity index (χ0n) is 13.1. The molecule has 1 aromatic heterocycles. The number of ketones is 1. The molecule has 0 unspecified atom stereocenters. The lowest BCUT2D eigenvalue weighted by Gasteiger charge is -2.03. The monoisotopic (exact) mass is 317 g/mol. The van der Waals surface area contributed by atoms with Crippen LogP contribution in [0.5, 0.6) is 11.6 Å². The molecule has 118 valence electrons. The van der Waals surface area contributed by atoms with Gasteiger partial charge in [0.2, 0.25) is 11.7 Å². The Morgan fingerprint density at radius 1 is 1.04 bits per heavy atom. The highest BCUT2D eigenvalue weighted by molar-refractivity contribution is 6.17. The van der Waals surface area contributed by atoms with E-state index in [1.54, 1.807) is 19.4 Å². The number of aromatic nitrogens is 1. The molecule has 0 amide bonds. The van der Waals surface area contributed by atoms with Crippen molar-refractivity contribution in [1.82, 2.24) is 4.98 Å². The highest BCUT2D eigenvalue weighted by atomic mass is 16.5. The number of allylic oxidation sites excluding steroid dienone is 1. The van der Waals surface area contributed by atoms with E-state index in [2.05, 4.69) is 4.98 Å². The molecule has 0 spiro atoms. The topological polar surface area (TPSA) is 51.3 Å². The molecule has 0 radical (unpaired) electrons. The number of methoxy groups -OCH3 is 1. The lowest BCUT2D eigenvalue weighted by Crippen LogP contribution is -2.00. The average molecular weight is 317 g/mol. The summed E-state index contributed by atoms with van der Waals surface area (Å²) in [4.78, 5) is 15.8. The number of nitrogens with one attached hydrogen (secondary N) is 1. The first-order valence-electron chi connectivity index (χ1n) is 7.61. The van der Waals surface area contributed by atoms with Crippen molar-refractivity contribution in [3.8, 4) is 22.8 Å². The lowest BCUT2D eigenvalue weighted by atomic mass is 10.0. The minimum absolute atomic E-state index is 0.110. The van der Waals surface area contributed by atoms with Crippen LogP contribution in [0, 0.1) is 0 Å². The Morgan fingerprint density at radius 2 is 1.79 bits per heavy atom. The van der Waals surface area contributed by atoms with Gasteiger partial charge in [-0.05, 0) is 29.3 Å². The maximum Gasteiger partial charge on any atom is 0.234 e. The van der Waals surface area contributed by atoms with E-state index in [-0.39, 0.29) is 5.78 Å². The standard InChI is InChI=1S/C20H15NO3/c1-23-15-9-7-14(8-10-15)16-12-21-20-18(16)19(22)17(24-20)11-13-5-3-2-4-6-13/h2-12,21H,1H3. The number of benzene rings is 2. The number of Topliss-reactive ketones (excluding diaryl/α,β-unsaturated/α-hetero) is 1. The molecule has 3 aromatic rings. The fourth-order valence-electron chi connectivity index (χ4n) is 2.78. The number of aromatic amines is 1. The van der Waals surface area contributed by atoms with Crippen LogP contribution in [0.2, 0.25) is 0 Å². The third kappa shape index (κ3) is 2.38. The van der Waals surface area contributed by atoms with Gasteiger partial charge < -0.3 is 14.5 Å². The van der Waals surface area contributed by atoms with Crippen molar-refractivity contribution in [2.24, 2.45) is 0 Å². The second kappa shape index (κ2) is 5.74. The van der Waals surface area contributed by atoms with Crippen LogP contribution in [-0.4, -0.2) is 17.9 Å². The molecule has 4 nitrogen and oxygen atoms in total. The van der Waals surface area contributed by atoms with Gasteiger partial charge in [-0.2, -0.15) is 0 Å². The van der Waals surface area contributed by atoms with Gasteiger partial charge in [-0.3, -0.25) is 4.79 Å². The zero-order valence-corrected chi connectivity index (χ0v) is 13.1. The molecule has 0 fully saturated rings. The molecule has 4 rings (SSSR count). The number of hydrogen-bond acceptors (Lipinski definition) is 3. The molecule has 0 saturated heterocycles. The fourth-order valence-corrected chi connectivity index (χ4v) is 2.78. The van der Waals surface area contributed by atoms with Crippen LogP contribution in [0.4, 0.5) is 0 Å². The number of hydrogen-bond donors (Lipinski definition) is 1. The Bertz CT molecular complexity index is 921. The first kappa shape index (κ1) is 14.3. The molecule has 0 bridgehead atoms. The molecule has 0 atom stereocenters. The molecule has 0 saturated carbocycles. The SMILES string of the molecule is COc1ccc(-c2c[nH]c3c2C(=O)C(=Cc2ccccc2)O3)cc1. The van der Waals surface area contributed by atoms with Gasteiger partial charge in [-0.1, -0.05) is 42.5 Å². The van der Waals surface area contributed by atoms with E-state index in [4.69, 9.17) is 9.47 Å². The number of fused-ring (bicyclic) bond motifs is 1. The van der Waals surface area contributed by atoms with Crippen LogP contribution < -0.4 is 9.47 Å². The first-order valence-corrected chi connectivity index (χ1v) is 7.61. The number of ether oxygens (including phenoxy) is 2. The van der Waals surface area contributed by atoms with Gasteiger partial charge in [0.05, 0.1) is 12.7 Å². The highest BCUT2D eigenvalue weighted by Crippen LogP contribution is 2.38. The van der Waals surface area contributed by atoms with E-state index in [1.807, 2.05) is 54.6 Å². The van der Waals surface area contributed by atoms with Crippen LogP contribution >= 0.6 is 0 Å². The summed E-state index contributed by atoms with van der Waals surface area (Å²) in [6, 6.07) is 17.2. The molecule has 2 heterocycles. The molecule has 2 aromatic carbocycles. The quantitative estimate of drug-likeness (QED) is 0.733. The van der Waals surface area contributed by atoms with Crippen molar-refractivity contribution in [2.45, 2.75) is 0 Å². The van der Waals surface area contributed by atoms with Crippen molar-refractivity contribution >= 4 is 11.9 Å². The predicted molar refractivity (Wildman–Crippen MR) is 92.2 cm³/mol. The summed E-state index contributed by atoms with van der Waals surface area (Å²) in [6.07, 6.45) is 3.55. The molecule has 24 heavy (non-hydrogen) atoms. The summed E-state index contributed by atoms with van der Waals surface area (Å²) in [5, 5.41) is 0. The maximum absolute atomic E-state index is 12.7. The fraction of sp³-hybridized carbons (Fsp3) is 0.0500. The van der Waals surface area contributed by atoms with Crippen molar-refractivity contribution in [2.75, 3.05) is 7.11 Å². The summed E-state index contributed by atoms with van der Waals surface area (Å²) < 4.78 is 10.9. The van der Waals surface area contributed by atoms with Crippen molar-refractivity contribution in [3.05, 3.63) is 77.7 Å². The third-order valence-electron chi connectivity index (χ3n) is 4.01. The third-order valence-corrected chi connectivity index (χ3v) is 4.01. The van der Waals surface area contributed by atoms with Crippen LogP contribution in [0.1, 0.15) is 15.9 Å². The van der Waals surface area contributed by atoms with Gasteiger partial charge in [-0.15, -0.1) is 0 Å². The normalized spacial score (nSPS) is 14.5. The van der Waals surface area contributed by atoms with Gasteiger partial charge in [0, 0.05) is 11.8 Å². The van der Waals surface area contributed by atoms with Gasteiger partial charge in [0.15, 0.2) is 5.76 Å². The minimum Gasteiger partial charge on any atom is -0.497 e. The number of carbonyl (C=O) groups excluding carboxylic acids is 1. The predicted octanol–water partition coefficient (Wildman–Crippen LogP) is 4.31. The van der Waals surface area contributed by atoms with E-state index in [0.29, 0.717) is 17.2 Å². The summed E-state index contributed by atoms with van der Waals surface area (Å²) in [5.41, 5.74) is 3.26. The number of rotatable bonds is 3. The summed E-state index contributed by atoms with van der Waals surface area (Å²) >= 11 is 0. The summed E-state index contributed by atoms with van der Waals surface area (Å²) in [7, 11) is 1.63. The molecule has 1 aliphatic heterocycles. The van der Waals surface area contributed by atoms with Crippen molar-refractivity contribution < 1.29 is 14.3 Å². The Balaban J connectivity index is 1.70. The van der Waals surface area contributed by atoms with Crippen LogP contribution in [-0.2, 0) is 0 Å². The van der Waals surface area contributed by atoms with Crippen LogP contribution in [0.15, 0.2) is 66.6 Å². The van der Waals surface area contributed by atoms with E-state index in [9.17, 15) is 4.79 Å². The molecule has 1 aliphatic rings. The Morgan fingerprint density at radius 3 is 2.50 bits per heavy atom. The smallest absolute Gasteiger partial charge is 0.234 e. The van der Waals surface area contributed by atoms with Crippen LogP contribution in [0.25, 0.3) is 17.2 Å². The van der Waals surface area contributed by atoms with Gasteiger partial charge in [0.1, 0.15) is 5.75 Å². The number of H-pyrrole nitrogens is 1. The van der Waals surface area contributed by atoms with E-state index < -0.39 is 0 Å². The molecule has 0 aliphatic carbocycles. The van der Waals surface area contributed by atoms with Crippen molar-refractivity contribution in [3.63, 3.8) is 0 Å². The molecular formula is C20H15NO3. The maximum atomic E-state index is 12.7. The largest absolute Gasteiger partial charge is 0.497 e. The van der Waals surface area contributed by atoms with E-state index in [0.717, 1.165) is 22.4 Å². The lowest BCUT2D eigenvalue weighted by molar-refractivity contribution is 0.101. The molecule has 4 heteroatoms. The van der Waals surface area contributed by atoms with Gasteiger partial charge in [-0.25, -0.2) is 0 Å². The Kier molecular flexibility index (Phi) is 3.43. The van der Waals surface area contributed by atoms with Crippen molar-refractivity contribution in [1.29, 1.82) is 0 Å². The number of carbonyl (C=O) groups is 1. The summed E-state index contributed by atoms with van der Waals surface area (Å²) in [5.74, 6) is 1.49. The first-order chi connectivity index (χ1) is 11.8. The Hall–Kier alpha value is -3.27. The van der Waals surface area contributed by atoms with Crippen LogP contribution in [0.3, 0.4) is 0 Å². The Labute approximate surface area is 139 Å². The minimum atomic E-state index is -0.110. The molecule has 1 N–H and O–H groups in total. The second-order valence-electron chi connectivity index (χ2n) is 5.49. The summed E-state index contributed by atoms with van der Waals surface area (Å²) in [6.45, 7) is 0. The second-order valence-corrected chi connectivity index (χ2v) is 5.49. The van der Waals surface area contributed by atoms with E-state index in [1.165, 1.54) is 0 Å². The van der Waals surface area contributed by atoms with Gasteiger partial charge in [0.25, 0.3) is 0 Å². The van der Waals surface area contributed by atoms with Gasteiger partial charge >= 0.3 is 0 Å². The average Bonchev–Trinajstić information content (AvgIpc) is 3.17. The highest BCUT2D eigenvalue weighted by Gasteiger charge is 2.32. The zero-order chi connectivity index (χ0) is 16.5. The molecular weight excluding hydrogens is 302 g/mol.